The number of nitrogens with one attached hydrogen (secondary N) is 4. The van der Waals surface area contributed by atoms with Gasteiger partial charge in [-0.1, -0.05) is 12.1 Å². The van der Waals surface area contributed by atoms with Gasteiger partial charge in [-0.15, -0.1) is 0 Å². The van der Waals surface area contributed by atoms with E-state index in [4.69, 9.17) is 0 Å². The summed E-state index contributed by atoms with van der Waals surface area (Å²) in [5, 5.41) is 9.78. The third kappa shape index (κ3) is 3.48. The zero-order chi connectivity index (χ0) is 20.8. The number of rotatable bonds is 1. The Kier molecular flexibility index (Phi) is 4.13. The van der Waals surface area contributed by atoms with Crippen LogP contribution in [-0.4, -0.2) is 25.0 Å². The molecule has 154 valence electrons. The highest BCUT2D eigenvalue weighted by Gasteiger charge is 2.21. The highest BCUT2D eigenvalue weighted by Crippen LogP contribution is 2.32. The quantitative estimate of drug-likeness (QED) is 0.261. The lowest BCUT2D eigenvalue weighted by molar-refractivity contribution is 0.475. The van der Waals surface area contributed by atoms with Gasteiger partial charge in [0.15, 0.2) is 0 Å². The van der Waals surface area contributed by atoms with Crippen LogP contribution >= 0.6 is 0 Å². The van der Waals surface area contributed by atoms with E-state index in [9.17, 15) is 5.11 Å². The fourth-order valence-electron chi connectivity index (χ4n) is 4.66. The molecule has 8 bridgehead atoms. The Labute approximate surface area is 180 Å². The average Bonchev–Trinajstić information content (AvgIpc) is 3.55. The molecule has 0 aliphatic carbocycles. The summed E-state index contributed by atoms with van der Waals surface area (Å²) in [7, 11) is 0. The molecule has 0 atom stereocenters. The van der Waals surface area contributed by atoms with Crippen molar-refractivity contribution in [3.05, 3.63) is 124 Å². The van der Waals surface area contributed by atoms with E-state index in [1.54, 1.807) is 12.1 Å². The number of H-pyrrole nitrogens is 4. The Morgan fingerprint density at radius 3 is 1.32 bits per heavy atom. The summed E-state index contributed by atoms with van der Waals surface area (Å²) in [5.41, 5.74) is 10.6. The van der Waals surface area contributed by atoms with Crippen LogP contribution in [0.3, 0.4) is 0 Å². The van der Waals surface area contributed by atoms with Crippen LogP contribution in [0.1, 0.15) is 57.0 Å². The number of benzene rings is 1. The van der Waals surface area contributed by atoms with Crippen molar-refractivity contribution in [3.8, 4) is 5.75 Å². The summed E-state index contributed by atoms with van der Waals surface area (Å²) in [6.45, 7) is 0. The number of phenols is 1. The van der Waals surface area contributed by atoms with E-state index in [0.717, 1.165) is 36.2 Å². The second kappa shape index (κ2) is 7.13. The van der Waals surface area contributed by atoms with Crippen molar-refractivity contribution in [2.75, 3.05) is 0 Å². The molecule has 4 aromatic heterocycles. The number of phenolic OH excluding ortho intramolecular Hbond substituents is 1. The SMILES string of the molecule is Oc1ccc(C2c3ccc([nH]3)Cc3ccc([nH]3)Cc3ccc([nH]3)Cc3ccc2[nH]3)cc1. The molecule has 5 N–H and O–H groups in total. The van der Waals surface area contributed by atoms with Crippen molar-refractivity contribution < 1.29 is 5.11 Å². The summed E-state index contributed by atoms with van der Waals surface area (Å²) < 4.78 is 0. The first-order valence-electron chi connectivity index (χ1n) is 10.7. The summed E-state index contributed by atoms with van der Waals surface area (Å²) >= 11 is 0. The lowest BCUT2D eigenvalue weighted by atomic mass is 9.92. The molecular formula is C26H24N4O. The maximum Gasteiger partial charge on any atom is 0.115 e. The smallest absolute Gasteiger partial charge is 0.115 e. The Hall–Kier alpha value is -3.86. The molecule has 0 radical (unpaired) electrons. The van der Waals surface area contributed by atoms with Gasteiger partial charge in [0.25, 0.3) is 0 Å². The van der Waals surface area contributed by atoms with Gasteiger partial charge in [0, 0.05) is 64.8 Å². The van der Waals surface area contributed by atoms with Crippen LogP contribution < -0.4 is 0 Å². The van der Waals surface area contributed by atoms with Crippen LogP contribution in [0.5, 0.6) is 5.75 Å². The first-order chi connectivity index (χ1) is 15.2. The number of fused-ring (bicyclic) bond motifs is 8. The van der Waals surface area contributed by atoms with E-state index < -0.39 is 0 Å². The second-order valence-corrected chi connectivity index (χ2v) is 8.45. The van der Waals surface area contributed by atoms with E-state index in [-0.39, 0.29) is 11.7 Å². The third-order valence-corrected chi connectivity index (χ3v) is 6.14. The molecule has 5 nitrogen and oxygen atoms in total. The van der Waals surface area contributed by atoms with Gasteiger partial charge < -0.3 is 25.0 Å². The van der Waals surface area contributed by atoms with E-state index in [1.807, 2.05) is 12.1 Å². The predicted molar refractivity (Wildman–Crippen MR) is 121 cm³/mol. The van der Waals surface area contributed by atoms with Gasteiger partial charge >= 0.3 is 0 Å². The van der Waals surface area contributed by atoms with Crippen molar-refractivity contribution in [2.24, 2.45) is 0 Å². The summed E-state index contributed by atoms with van der Waals surface area (Å²) in [5.74, 6) is 0.316. The molecule has 0 amide bonds. The van der Waals surface area contributed by atoms with Gasteiger partial charge in [0.05, 0.1) is 5.92 Å². The number of aromatic nitrogens is 4. The van der Waals surface area contributed by atoms with Crippen molar-refractivity contribution in [3.63, 3.8) is 0 Å². The number of aromatic hydroxyl groups is 1. The van der Waals surface area contributed by atoms with Crippen LogP contribution in [0.2, 0.25) is 0 Å². The standard InChI is InChI=1S/C26H24N4O/c31-23-9-1-16(2-10-23)26-24-11-7-21(29-24)14-19-5-3-17(27-19)13-18-4-6-20(28-18)15-22-8-12-25(26)30-22/h1-12,26-31H,13-15H2. The molecule has 1 aromatic carbocycles. The lowest BCUT2D eigenvalue weighted by Gasteiger charge is -2.16. The first-order valence-corrected chi connectivity index (χ1v) is 10.7. The number of hydrogen-bond donors (Lipinski definition) is 5. The summed E-state index contributed by atoms with van der Waals surface area (Å²) in [4.78, 5) is 14.4. The van der Waals surface area contributed by atoms with Crippen LogP contribution in [-0.2, 0) is 19.3 Å². The molecule has 0 unspecified atom stereocenters. The fraction of sp³-hybridized carbons (Fsp3) is 0.154. The minimum Gasteiger partial charge on any atom is -0.508 e. The number of hydrogen-bond acceptors (Lipinski definition) is 1. The molecule has 31 heavy (non-hydrogen) atoms. The molecule has 5 heteroatoms. The molecule has 0 spiro atoms. The molecule has 6 rings (SSSR count). The Morgan fingerprint density at radius 1 is 0.484 bits per heavy atom. The average molecular weight is 409 g/mol. The van der Waals surface area contributed by atoms with Gasteiger partial charge in [-0.3, -0.25) is 0 Å². The Balaban J connectivity index is 1.47. The normalized spacial score (nSPS) is 14.1. The van der Waals surface area contributed by atoms with Gasteiger partial charge in [0.1, 0.15) is 5.75 Å². The highest BCUT2D eigenvalue weighted by atomic mass is 16.3. The second-order valence-electron chi connectivity index (χ2n) is 8.45. The third-order valence-electron chi connectivity index (χ3n) is 6.14. The zero-order valence-corrected chi connectivity index (χ0v) is 17.1. The Morgan fingerprint density at radius 2 is 0.871 bits per heavy atom. The minimum absolute atomic E-state index is 0.0365. The molecule has 5 heterocycles. The molecule has 0 saturated heterocycles. The largest absolute Gasteiger partial charge is 0.508 e. The fourth-order valence-corrected chi connectivity index (χ4v) is 4.66. The maximum atomic E-state index is 9.78. The van der Waals surface area contributed by atoms with Gasteiger partial charge in [-0.2, -0.15) is 0 Å². The lowest BCUT2D eigenvalue weighted by Crippen LogP contribution is -2.05. The molecule has 1 aliphatic heterocycles. The maximum absolute atomic E-state index is 9.78. The van der Waals surface area contributed by atoms with E-state index in [1.165, 1.54) is 34.2 Å². The number of aromatic amines is 4. The monoisotopic (exact) mass is 408 g/mol. The van der Waals surface area contributed by atoms with Gasteiger partial charge in [0.2, 0.25) is 0 Å². The molecular weight excluding hydrogens is 384 g/mol. The predicted octanol–water partition coefficient (Wildman–Crippen LogP) is 4.97. The highest BCUT2D eigenvalue weighted by molar-refractivity contribution is 5.42. The Bertz CT molecular complexity index is 1250. The van der Waals surface area contributed by atoms with Crippen LogP contribution in [0.25, 0.3) is 0 Å². The summed E-state index contributed by atoms with van der Waals surface area (Å²) in [6.07, 6.45) is 2.53. The van der Waals surface area contributed by atoms with Crippen molar-refractivity contribution in [1.82, 2.24) is 19.9 Å². The van der Waals surface area contributed by atoms with Crippen molar-refractivity contribution in [2.45, 2.75) is 25.2 Å². The van der Waals surface area contributed by atoms with Gasteiger partial charge in [-0.05, 0) is 66.2 Å². The molecule has 0 fully saturated rings. The van der Waals surface area contributed by atoms with Crippen LogP contribution in [0, 0.1) is 0 Å². The molecule has 5 aromatic rings. The van der Waals surface area contributed by atoms with Crippen LogP contribution in [0.15, 0.2) is 72.8 Å². The van der Waals surface area contributed by atoms with E-state index >= 15 is 0 Å². The van der Waals surface area contributed by atoms with Crippen molar-refractivity contribution >= 4 is 0 Å². The molecule has 1 aliphatic rings. The topological polar surface area (TPSA) is 83.4 Å². The molecule has 0 saturated carbocycles. The van der Waals surface area contributed by atoms with Crippen LogP contribution in [0.4, 0.5) is 0 Å². The minimum atomic E-state index is 0.0365. The van der Waals surface area contributed by atoms with E-state index in [0.29, 0.717) is 0 Å². The summed E-state index contributed by atoms with van der Waals surface area (Å²) in [6, 6.07) is 24.9. The zero-order valence-electron chi connectivity index (χ0n) is 17.1. The first kappa shape index (κ1) is 18.0. The van der Waals surface area contributed by atoms with E-state index in [2.05, 4.69) is 68.5 Å². The van der Waals surface area contributed by atoms with Crippen molar-refractivity contribution in [1.29, 1.82) is 0 Å². The van der Waals surface area contributed by atoms with Gasteiger partial charge in [-0.25, -0.2) is 0 Å².